The van der Waals surface area contributed by atoms with Crippen LogP contribution in [0.2, 0.25) is 0 Å². The van der Waals surface area contributed by atoms with E-state index in [1.54, 1.807) is 6.92 Å². The zero-order valence-electron chi connectivity index (χ0n) is 8.32. The normalized spacial score (nSPS) is 11.9. The predicted molar refractivity (Wildman–Crippen MR) is 59.6 cm³/mol. The van der Waals surface area contributed by atoms with E-state index in [1.807, 2.05) is 30.5 Å². The van der Waals surface area contributed by atoms with E-state index >= 15 is 0 Å². The molecule has 1 aromatic heterocycles. The van der Waals surface area contributed by atoms with Gasteiger partial charge in [-0.2, -0.15) is 0 Å². The van der Waals surface area contributed by atoms with Crippen LogP contribution in [-0.2, 0) is 4.79 Å². The Kier molecular flexibility index (Phi) is 2.29. The minimum atomic E-state index is -0.919. The van der Waals surface area contributed by atoms with Crippen LogP contribution in [0.5, 0.6) is 0 Å². The van der Waals surface area contributed by atoms with E-state index in [0.29, 0.717) is 0 Å². The number of carboxylic acids is 1. The quantitative estimate of drug-likeness (QED) is 0.734. The van der Waals surface area contributed by atoms with Crippen molar-refractivity contribution in [1.29, 1.82) is 0 Å². The van der Waals surface area contributed by atoms with E-state index in [-0.39, 0.29) is 0 Å². The number of para-hydroxylation sites is 1. The second-order valence-electron chi connectivity index (χ2n) is 3.41. The maximum Gasteiger partial charge on any atom is 0.328 e. The predicted octanol–water partition coefficient (Wildman–Crippen LogP) is 2.66. The van der Waals surface area contributed by atoms with Gasteiger partial charge in [-0.3, -0.25) is 0 Å². The molecular weight excluding hydrogens is 190 g/mol. The highest BCUT2D eigenvalue weighted by atomic mass is 16.4. The summed E-state index contributed by atoms with van der Waals surface area (Å²) in [6.07, 6.45) is 3.05. The van der Waals surface area contributed by atoms with E-state index < -0.39 is 5.97 Å². The molecule has 0 bridgehead atoms. The first kappa shape index (κ1) is 9.52. The topological polar surface area (TPSA) is 53.1 Å². The maximum atomic E-state index is 10.6. The largest absolute Gasteiger partial charge is 0.478 e. The van der Waals surface area contributed by atoms with Crippen molar-refractivity contribution >= 4 is 22.4 Å². The number of H-pyrrole nitrogens is 1. The Balaban J connectivity index is 2.57. The Labute approximate surface area is 87.0 Å². The number of rotatable bonds is 2. The van der Waals surface area contributed by atoms with Crippen LogP contribution in [-0.4, -0.2) is 16.1 Å². The van der Waals surface area contributed by atoms with Crippen LogP contribution in [0.3, 0.4) is 0 Å². The Morgan fingerprint density at radius 1 is 1.40 bits per heavy atom. The van der Waals surface area contributed by atoms with Crippen molar-refractivity contribution in [2.75, 3.05) is 0 Å². The molecule has 2 N–H and O–H groups in total. The number of fused-ring (bicyclic) bond motifs is 1. The number of aliphatic carboxylic acids is 1. The van der Waals surface area contributed by atoms with Gasteiger partial charge in [-0.05, 0) is 18.6 Å². The first-order chi connectivity index (χ1) is 7.18. The molecule has 0 atom stereocenters. The van der Waals surface area contributed by atoms with Crippen LogP contribution < -0.4 is 0 Å². The van der Waals surface area contributed by atoms with Gasteiger partial charge in [0.15, 0.2) is 0 Å². The lowest BCUT2D eigenvalue weighted by Crippen LogP contribution is -1.89. The fraction of sp³-hybridized carbons (Fsp3) is 0.0833. The summed E-state index contributed by atoms with van der Waals surface area (Å²) in [6, 6.07) is 7.82. The van der Waals surface area contributed by atoms with Crippen molar-refractivity contribution in [3.8, 4) is 0 Å². The van der Waals surface area contributed by atoms with Crippen LogP contribution in [0.25, 0.3) is 16.5 Å². The number of benzene rings is 1. The van der Waals surface area contributed by atoms with Crippen molar-refractivity contribution in [2.45, 2.75) is 6.92 Å². The SMILES string of the molecule is C/C(=C\C(=O)O)c1c[nH]c2ccccc12. The molecule has 1 heterocycles. The van der Waals surface area contributed by atoms with Crippen molar-refractivity contribution < 1.29 is 9.90 Å². The highest BCUT2D eigenvalue weighted by Gasteiger charge is 2.05. The Hall–Kier alpha value is -2.03. The molecule has 0 aliphatic heterocycles. The standard InChI is InChI=1S/C12H11NO2/c1-8(6-12(14)15)10-7-13-11-5-3-2-4-9(10)11/h2-7,13H,1H3,(H,14,15)/b8-6+. The van der Waals surface area contributed by atoms with Gasteiger partial charge in [0.25, 0.3) is 0 Å². The summed E-state index contributed by atoms with van der Waals surface area (Å²) in [5, 5.41) is 9.72. The van der Waals surface area contributed by atoms with Crippen molar-refractivity contribution in [3.63, 3.8) is 0 Å². The highest BCUT2D eigenvalue weighted by Crippen LogP contribution is 2.24. The van der Waals surface area contributed by atoms with Gasteiger partial charge in [-0.15, -0.1) is 0 Å². The summed E-state index contributed by atoms with van der Waals surface area (Å²) in [7, 11) is 0. The van der Waals surface area contributed by atoms with Gasteiger partial charge in [-0.25, -0.2) is 4.79 Å². The Morgan fingerprint density at radius 2 is 2.13 bits per heavy atom. The maximum absolute atomic E-state index is 10.6. The molecule has 0 amide bonds. The van der Waals surface area contributed by atoms with Gasteiger partial charge in [0.1, 0.15) is 0 Å². The second kappa shape index (κ2) is 3.61. The van der Waals surface area contributed by atoms with Gasteiger partial charge in [0, 0.05) is 28.7 Å². The molecule has 1 aromatic carbocycles. The van der Waals surface area contributed by atoms with Gasteiger partial charge < -0.3 is 10.1 Å². The highest BCUT2D eigenvalue weighted by molar-refractivity contribution is 5.97. The molecule has 0 radical (unpaired) electrons. The van der Waals surface area contributed by atoms with Gasteiger partial charge in [0.2, 0.25) is 0 Å². The summed E-state index contributed by atoms with van der Waals surface area (Å²) < 4.78 is 0. The molecule has 3 nitrogen and oxygen atoms in total. The van der Waals surface area contributed by atoms with Crippen molar-refractivity contribution in [1.82, 2.24) is 4.98 Å². The first-order valence-electron chi connectivity index (χ1n) is 4.66. The lowest BCUT2D eigenvalue weighted by molar-refractivity contribution is -0.131. The fourth-order valence-corrected chi connectivity index (χ4v) is 1.66. The molecule has 0 aliphatic rings. The van der Waals surface area contributed by atoms with Crippen LogP contribution >= 0.6 is 0 Å². The average molecular weight is 201 g/mol. The summed E-state index contributed by atoms with van der Waals surface area (Å²) in [4.78, 5) is 13.7. The molecular formula is C12H11NO2. The number of hydrogen-bond acceptors (Lipinski definition) is 1. The molecule has 0 aliphatic carbocycles. The molecule has 0 saturated carbocycles. The van der Waals surface area contributed by atoms with E-state index in [4.69, 9.17) is 5.11 Å². The molecule has 0 unspecified atom stereocenters. The van der Waals surface area contributed by atoms with Gasteiger partial charge in [0.05, 0.1) is 0 Å². The molecule has 3 heteroatoms. The summed E-state index contributed by atoms with van der Waals surface area (Å²) in [5.74, 6) is -0.919. The summed E-state index contributed by atoms with van der Waals surface area (Å²) in [6.45, 7) is 1.80. The van der Waals surface area contributed by atoms with E-state index in [9.17, 15) is 4.79 Å². The van der Waals surface area contributed by atoms with E-state index in [1.165, 1.54) is 6.08 Å². The van der Waals surface area contributed by atoms with Crippen LogP contribution in [0.1, 0.15) is 12.5 Å². The second-order valence-corrected chi connectivity index (χ2v) is 3.41. The Morgan fingerprint density at radius 3 is 2.87 bits per heavy atom. The van der Waals surface area contributed by atoms with Crippen LogP contribution in [0.4, 0.5) is 0 Å². The minimum Gasteiger partial charge on any atom is -0.478 e. The number of carbonyl (C=O) groups is 1. The smallest absolute Gasteiger partial charge is 0.328 e. The zero-order valence-corrected chi connectivity index (χ0v) is 8.32. The van der Waals surface area contributed by atoms with Gasteiger partial charge >= 0.3 is 5.97 Å². The zero-order chi connectivity index (χ0) is 10.8. The van der Waals surface area contributed by atoms with Crippen molar-refractivity contribution in [3.05, 3.63) is 42.1 Å². The van der Waals surface area contributed by atoms with Crippen molar-refractivity contribution in [2.24, 2.45) is 0 Å². The lowest BCUT2D eigenvalue weighted by atomic mass is 10.1. The number of hydrogen-bond donors (Lipinski definition) is 2. The number of aromatic nitrogens is 1. The number of nitrogens with one attached hydrogen (secondary N) is 1. The third-order valence-corrected chi connectivity index (χ3v) is 2.35. The average Bonchev–Trinajstić information content (AvgIpc) is 2.59. The van der Waals surface area contributed by atoms with Gasteiger partial charge in [-0.1, -0.05) is 18.2 Å². The molecule has 0 spiro atoms. The first-order valence-corrected chi connectivity index (χ1v) is 4.66. The fourth-order valence-electron chi connectivity index (χ4n) is 1.66. The van der Waals surface area contributed by atoms with E-state index in [2.05, 4.69) is 4.98 Å². The van der Waals surface area contributed by atoms with Crippen LogP contribution in [0.15, 0.2) is 36.5 Å². The number of carboxylic acid groups (broad SMARTS) is 1. The molecule has 15 heavy (non-hydrogen) atoms. The Bertz CT molecular complexity index is 537. The molecule has 2 aromatic rings. The monoisotopic (exact) mass is 201 g/mol. The third-order valence-electron chi connectivity index (χ3n) is 2.35. The summed E-state index contributed by atoms with van der Waals surface area (Å²) in [5.41, 5.74) is 2.71. The van der Waals surface area contributed by atoms with Crippen LogP contribution in [0, 0.1) is 0 Å². The lowest BCUT2D eigenvalue weighted by Gasteiger charge is -1.97. The molecule has 0 fully saturated rings. The number of allylic oxidation sites excluding steroid dienone is 1. The third kappa shape index (κ3) is 1.76. The molecule has 2 rings (SSSR count). The molecule has 0 saturated heterocycles. The molecule has 76 valence electrons. The minimum absolute atomic E-state index is 0.750. The summed E-state index contributed by atoms with van der Waals surface area (Å²) >= 11 is 0. The number of aromatic amines is 1. The van der Waals surface area contributed by atoms with E-state index in [0.717, 1.165) is 22.0 Å².